The monoisotopic (exact) mass is 729 g/mol. The van der Waals surface area contributed by atoms with Crippen molar-refractivity contribution in [2.45, 2.75) is 215 Å². The quantitative estimate of drug-likeness (QED) is 0.153. The molecular weight excluding hydrogens is 637 g/mol. The maximum absolute atomic E-state index is 2.71. The van der Waals surface area contributed by atoms with Gasteiger partial charge in [-0.2, -0.15) is 11.8 Å². The summed E-state index contributed by atoms with van der Waals surface area (Å²) in [5.74, 6) is 0. The van der Waals surface area contributed by atoms with Gasteiger partial charge in [0, 0.05) is 4.87 Å². The number of hydrogen-bond acceptors (Lipinski definition) is 1. The topological polar surface area (TPSA) is 0 Å². The Bertz CT molecular complexity index is 1310. The average Bonchev–Trinajstić information content (AvgIpc) is 2.94. The van der Waals surface area contributed by atoms with Crippen molar-refractivity contribution >= 4 is 19.8 Å². The highest BCUT2D eigenvalue weighted by molar-refractivity contribution is 8.01. The number of hydrogen-bond donors (Lipinski definition) is 0. The van der Waals surface area contributed by atoms with Crippen molar-refractivity contribution in [1.82, 2.24) is 0 Å². The fraction of sp³-hybridized carbons (Fsp3) is 0.875. The molecular formula is C48H92SSi. The van der Waals surface area contributed by atoms with Gasteiger partial charge in [-0.1, -0.05) is 222 Å². The summed E-state index contributed by atoms with van der Waals surface area (Å²) in [4.78, 5) is 0.526. The van der Waals surface area contributed by atoms with Crippen molar-refractivity contribution in [3.63, 3.8) is 0 Å². The lowest BCUT2D eigenvalue weighted by Crippen LogP contribution is -2.66. The summed E-state index contributed by atoms with van der Waals surface area (Å²) in [6.45, 7) is 72.3. The van der Waals surface area contributed by atoms with E-state index in [0.717, 1.165) is 0 Å². The summed E-state index contributed by atoms with van der Waals surface area (Å²) in [6.07, 6.45) is 1.18. The van der Waals surface area contributed by atoms with Crippen molar-refractivity contribution in [3.05, 3.63) is 35.4 Å². The molecule has 1 unspecified atom stereocenters. The standard InChI is InChI=1S/C48H92SSi/c1-29-38(5,6)39(7,8)40(9,10)41(11,12)42(13,14)43(15,16)44(17,18)45(19,20)46(21,22)47(23,24)48(25,26)50(27,28)37(49-34(2)3)36-32-30-31-35(4)33-36/h30-34,37H,29H2,1-28H3. The zero-order valence-corrected chi connectivity index (χ0v) is 41.4. The minimum Gasteiger partial charge on any atom is -0.154 e. The molecule has 2 heteroatoms. The first-order valence-electron chi connectivity index (χ1n) is 20.3. The van der Waals surface area contributed by atoms with Crippen LogP contribution in [-0.2, 0) is 0 Å². The minimum absolute atomic E-state index is 0.00125. The van der Waals surface area contributed by atoms with E-state index in [4.69, 9.17) is 0 Å². The number of rotatable bonds is 16. The molecule has 1 atom stereocenters. The third-order valence-corrected chi connectivity index (χ3v) is 29.4. The maximum atomic E-state index is 2.71. The van der Waals surface area contributed by atoms with Crippen LogP contribution in [-0.4, -0.2) is 13.3 Å². The Kier molecular flexibility index (Phi) is 13.2. The molecule has 0 amide bonds. The predicted molar refractivity (Wildman–Crippen MR) is 236 cm³/mol. The first-order chi connectivity index (χ1) is 21.6. The Hall–Kier alpha value is -0.213. The van der Waals surface area contributed by atoms with Crippen LogP contribution < -0.4 is 0 Å². The molecule has 1 aromatic carbocycles. The van der Waals surface area contributed by atoms with Crippen LogP contribution in [0.1, 0.15) is 196 Å². The van der Waals surface area contributed by atoms with Crippen LogP contribution in [0.15, 0.2) is 24.3 Å². The SMILES string of the molecule is CCC(C)(C)C(C)(C)C(C)(C)C(C)(C)C(C)(C)C(C)(C)C(C)(C)C(C)(C)C(C)(C)C(C)(C)C(C)(C)[Si](C)(C)C(SC(C)C)c1cccc(C)c1. The molecule has 0 aliphatic rings. The van der Waals surface area contributed by atoms with Gasteiger partial charge in [-0.15, -0.1) is 0 Å². The van der Waals surface area contributed by atoms with Crippen molar-refractivity contribution in [3.8, 4) is 0 Å². The molecule has 1 rings (SSSR count). The molecule has 0 spiro atoms. The van der Waals surface area contributed by atoms with E-state index in [9.17, 15) is 0 Å². The van der Waals surface area contributed by atoms with E-state index in [1.54, 1.807) is 0 Å². The summed E-state index contributed by atoms with van der Waals surface area (Å²) in [5, 5.41) is 0.710. The zero-order valence-electron chi connectivity index (χ0n) is 39.6. The van der Waals surface area contributed by atoms with Crippen LogP contribution in [0.4, 0.5) is 0 Å². The largest absolute Gasteiger partial charge is 0.154 e. The van der Waals surface area contributed by atoms with E-state index < -0.39 is 8.07 Å². The van der Waals surface area contributed by atoms with E-state index in [-0.39, 0.29) is 59.2 Å². The van der Waals surface area contributed by atoms with Crippen LogP contribution in [0.5, 0.6) is 0 Å². The molecule has 0 radical (unpaired) electrons. The van der Waals surface area contributed by atoms with Crippen molar-refractivity contribution < 1.29 is 0 Å². The summed E-state index contributed by atoms with van der Waals surface area (Å²) < 4.78 is 0. The third kappa shape index (κ3) is 6.61. The predicted octanol–water partition coefficient (Wildman–Crippen LogP) is 16.9. The van der Waals surface area contributed by atoms with E-state index >= 15 is 0 Å². The minimum atomic E-state index is -1.99. The van der Waals surface area contributed by atoms with Crippen LogP contribution >= 0.6 is 11.8 Å². The molecule has 0 saturated carbocycles. The van der Waals surface area contributed by atoms with E-state index in [1.807, 2.05) is 0 Å². The molecule has 294 valence electrons. The van der Waals surface area contributed by atoms with Gasteiger partial charge in [-0.05, 0) is 76.9 Å². The molecule has 1 aromatic rings. The average molecular weight is 729 g/mol. The van der Waals surface area contributed by atoms with Gasteiger partial charge < -0.3 is 0 Å². The molecule has 0 aromatic heterocycles. The molecule has 50 heavy (non-hydrogen) atoms. The molecule has 0 aliphatic carbocycles. The van der Waals surface area contributed by atoms with Crippen LogP contribution in [0.2, 0.25) is 18.1 Å². The molecule has 0 N–H and O–H groups in total. The Labute approximate surface area is 322 Å². The van der Waals surface area contributed by atoms with E-state index in [1.165, 1.54) is 17.5 Å². The lowest BCUT2D eigenvalue weighted by molar-refractivity contribution is -0.234. The lowest BCUT2D eigenvalue weighted by Gasteiger charge is -2.73. The summed E-state index contributed by atoms with van der Waals surface area (Å²) in [5.41, 5.74) is 3.42. The van der Waals surface area contributed by atoms with E-state index in [0.29, 0.717) is 10.1 Å². The highest BCUT2D eigenvalue weighted by Crippen LogP contribution is 2.76. The Morgan fingerprint density at radius 2 is 0.840 bits per heavy atom. The molecule has 0 heterocycles. The summed E-state index contributed by atoms with van der Waals surface area (Å²) >= 11 is 2.21. The number of benzene rings is 1. The molecule has 0 saturated heterocycles. The van der Waals surface area contributed by atoms with Gasteiger partial charge in [0.1, 0.15) is 0 Å². The van der Waals surface area contributed by atoms with Gasteiger partial charge in [0.25, 0.3) is 0 Å². The second-order valence-corrected chi connectivity index (χ2v) is 31.1. The summed E-state index contributed by atoms with van der Waals surface area (Å²) in [6, 6.07) is 9.44. The first-order valence-corrected chi connectivity index (χ1v) is 24.4. The van der Waals surface area contributed by atoms with Gasteiger partial charge >= 0.3 is 0 Å². The molecule has 0 fully saturated rings. The van der Waals surface area contributed by atoms with Crippen molar-refractivity contribution in [1.29, 1.82) is 0 Å². The van der Waals surface area contributed by atoms with Gasteiger partial charge in [-0.25, -0.2) is 0 Å². The fourth-order valence-corrected chi connectivity index (χ4v) is 17.9. The maximum Gasteiger partial charge on any atom is 0.0734 e. The second-order valence-electron chi connectivity index (χ2n) is 23.7. The Balaban J connectivity index is 3.99. The van der Waals surface area contributed by atoms with Gasteiger partial charge in [-0.3, -0.25) is 0 Å². The van der Waals surface area contributed by atoms with Crippen LogP contribution in [0.3, 0.4) is 0 Å². The molecule has 0 bridgehead atoms. The van der Waals surface area contributed by atoms with Crippen molar-refractivity contribution in [2.75, 3.05) is 0 Å². The Morgan fingerprint density at radius 3 is 1.14 bits per heavy atom. The smallest absolute Gasteiger partial charge is 0.0734 e. The van der Waals surface area contributed by atoms with Gasteiger partial charge in [0.15, 0.2) is 0 Å². The highest BCUT2D eigenvalue weighted by atomic mass is 32.2. The number of thioether (sulfide) groups is 1. The van der Waals surface area contributed by atoms with Gasteiger partial charge in [0.05, 0.1) is 8.07 Å². The van der Waals surface area contributed by atoms with Gasteiger partial charge in [0.2, 0.25) is 0 Å². The van der Waals surface area contributed by atoms with Crippen LogP contribution in [0, 0.1) is 61.1 Å². The van der Waals surface area contributed by atoms with Crippen molar-refractivity contribution in [2.24, 2.45) is 54.1 Å². The fourth-order valence-electron chi connectivity index (χ4n) is 10.4. The second kappa shape index (κ2) is 13.8. The van der Waals surface area contributed by atoms with E-state index in [2.05, 4.69) is 229 Å². The Morgan fingerprint density at radius 1 is 0.520 bits per heavy atom. The third-order valence-electron chi connectivity index (χ3n) is 20.7. The lowest BCUT2D eigenvalue weighted by atomic mass is 9.33. The van der Waals surface area contributed by atoms with Crippen LogP contribution in [0.25, 0.3) is 0 Å². The first kappa shape index (κ1) is 47.8. The highest BCUT2D eigenvalue weighted by Gasteiger charge is 2.69. The normalized spacial score (nSPS) is 16.7. The summed E-state index contributed by atoms with van der Waals surface area (Å²) in [7, 11) is -1.99. The number of aryl methyl sites for hydroxylation is 1. The molecule has 0 aliphatic heterocycles. The zero-order chi connectivity index (χ0) is 40.6. The molecule has 0 nitrogen and oxygen atoms in total.